The molecule has 4 heteroatoms. The minimum absolute atomic E-state index is 0.457. The van der Waals surface area contributed by atoms with Crippen molar-refractivity contribution in [1.29, 1.82) is 0 Å². The number of rotatable bonds is 3. The summed E-state index contributed by atoms with van der Waals surface area (Å²) in [7, 11) is 0. The van der Waals surface area contributed by atoms with Gasteiger partial charge in [-0.05, 0) is 50.2 Å². The van der Waals surface area contributed by atoms with Gasteiger partial charge in [0.05, 0.1) is 12.1 Å². The van der Waals surface area contributed by atoms with Gasteiger partial charge < -0.3 is 15.0 Å². The van der Waals surface area contributed by atoms with E-state index in [4.69, 9.17) is 10.5 Å². The first-order valence-electron chi connectivity index (χ1n) is 8.01. The lowest BCUT2D eigenvalue weighted by Crippen LogP contribution is -2.24. The molecular formula is C17H25N3O. The largest absolute Gasteiger partial charge is 0.492 e. The summed E-state index contributed by atoms with van der Waals surface area (Å²) in [6, 6.07) is 6.55. The van der Waals surface area contributed by atoms with Crippen molar-refractivity contribution in [1.82, 2.24) is 9.55 Å². The molecule has 0 amide bonds. The molecule has 2 aromatic rings. The Hall–Kier alpha value is -1.71. The second-order valence-corrected chi connectivity index (χ2v) is 6.32. The third-order valence-corrected chi connectivity index (χ3v) is 4.95. The third kappa shape index (κ3) is 2.47. The number of fused-ring (bicyclic) bond motifs is 1. The van der Waals surface area contributed by atoms with Gasteiger partial charge in [-0.2, -0.15) is 0 Å². The van der Waals surface area contributed by atoms with E-state index in [0.29, 0.717) is 18.6 Å². The number of anilines is 1. The first kappa shape index (κ1) is 14.2. The van der Waals surface area contributed by atoms with Gasteiger partial charge >= 0.3 is 0 Å². The van der Waals surface area contributed by atoms with E-state index in [0.717, 1.165) is 28.6 Å². The number of nitrogens with zero attached hydrogens (tertiary/aromatic N) is 2. The number of benzene rings is 1. The Morgan fingerprint density at radius 1 is 1.29 bits per heavy atom. The molecule has 0 radical (unpaired) electrons. The van der Waals surface area contributed by atoms with E-state index >= 15 is 0 Å². The zero-order valence-corrected chi connectivity index (χ0v) is 13.2. The monoisotopic (exact) mass is 287 g/mol. The van der Waals surface area contributed by atoms with E-state index in [1.165, 1.54) is 19.3 Å². The molecule has 0 aliphatic heterocycles. The van der Waals surface area contributed by atoms with E-state index in [9.17, 15) is 0 Å². The molecule has 1 heterocycles. The molecule has 1 aliphatic rings. The molecule has 21 heavy (non-hydrogen) atoms. The van der Waals surface area contributed by atoms with Crippen LogP contribution in [-0.2, 0) is 0 Å². The fourth-order valence-corrected chi connectivity index (χ4v) is 3.52. The van der Waals surface area contributed by atoms with Crippen LogP contribution in [0.3, 0.4) is 0 Å². The number of nitrogens with two attached hydrogens (primary N) is 1. The zero-order valence-electron chi connectivity index (χ0n) is 13.2. The minimum Gasteiger partial charge on any atom is -0.492 e. The predicted molar refractivity (Wildman–Crippen MR) is 86.5 cm³/mol. The minimum atomic E-state index is 0.457. The van der Waals surface area contributed by atoms with Gasteiger partial charge in [0.2, 0.25) is 5.95 Å². The van der Waals surface area contributed by atoms with Gasteiger partial charge in [0.15, 0.2) is 0 Å². The standard InChI is InChI=1S/C17H25N3O/c1-4-21-15-7-5-6-14-16(15)19-17(18)20(14)13-9-8-11(2)12(3)10-13/h5-7,11-13H,4,8-10H2,1-3H3,(H2,18,19). The average molecular weight is 287 g/mol. The number of aromatic nitrogens is 2. The molecule has 114 valence electrons. The van der Waals surface area contributed by atoms with Gasteiger partial charge in [0, 0.05) is 6.04 Å². The molecule has 1 fully saturated rings. The Kier molecular flexibility index (Phi) is 3.79. The van der Waals surface area contributed by atoms with Crippen LogP contribution in [0, 0.1) is 11.8 Å². The highest BCUT2D eigenvalue weighted by molar-refractivity contribution is 5.84. The third-order valence-electron chi connectivity index (χ3n) is 4.95. The van der Waals surface area contributed by atoms with Crippen molar-refractivity contribution in [2.75, 3.05) is 12.3 Å². The van der Waals surface area contributed by atoms with Crippen molar-refractivity contribution < 1.29 is 4.74 Å². The van der Waals surface area contributed by atoms with Gasteiger partial charge in [-0.1, -0.05) is 19.9 Å². The molecule has 4 nitrogen and oxygen atoms in total. The lowest BCUT2D eigenvalue weighted by Gasteiger charge is -2.33. The first-order chi connectivity index (χ1) is 10.1. The molecule has 0 bridgehead atoms. The summed E-state index contributed by atoms with van der Waals surface area (Å²) in [6.45, 7) is 7.33. The molecule has 1 aliphatic carbocycles. The van der Waals surface area contributed by atoms with Crippen molar-refractivity contribution in [2.24, 2.45) is 11.8 Å². The molecule has 0 saturated heterocycles. The molecule has 0 spiro atoms. The number of imidazole rings is 1. The molecule has 3 unspecified atom stereocenters. The number of nitrogen functional groups attached to an aromatic ring is 1. The SMILES string of the molecule is CCOc1cccc2c1nc(N)n2C1CCC(C)C(C)C1. The second kappa shape index (κ2) is 5.58. The topological polar surface area (TPSA) is 53.1 Å². The van der Waals surface area contributed by atoms with Crippen LogP contribution < -0.4 is 10.5 Å². The quantitative estimate of drug-likeness (QED) is 0.927. The first-order valence-corrected chi connectivity index (χ1v) is 8.01. The smallest absolute Gasteiger partial charge is 0.201 e. The lowest BCUT2D eigenvalue weighted by atomic mass is 9.79. The zero-order chi connectivity index (χ0) is 15.0. The van der Waals surface area contributed by atoms with Crippen LogP contribution in [0.2, 0.25) is 0 Å². The van der Waals surface area contributed by atoms with Gasteiger partial charge in [-0.3, -0.25) is 0 Å². The van der Waals surface area contributed by atoms with Gasteiger partial charge in [0.1, 0.15) is 11.3 Å². The number of ether oxygens (including phenoxy) is 1. The molecule has 1 aromatic heterocycles. The maximum atomic E-state index is 6.23. The van der Waals surface area contributed by atoms with E-state index in [2.05, 4.69) is 29.5 Å². The maximum absolute atomic E-state index is 6.23. The van der Waals surface area contributed by atoms with Gasteiger partial charge in [-0.15, -0.1) is 0 Å². The summed E-state index contributed by atoms with van der Waals surface area (Å²) >= 11 is 0. The van der Waals surface area contributed by atoms with Crippen LogP contribution in [0.5, 0.6) is 5.75 Å². The van der Waals surface area contributed by atoms with E-state index in [1.54, 1.807) is 0 Å². The lowest BCUT2D eigenvalue weighted by molar-refractivity contribution is 0.215. The van der Waals surface area contributed by atoms with E-state index in [1.807, 2.05) is 19.1 Å². The molecule has 3 rings (SSSR count). The summed E-state index contributed by atoms with van der Waals surface area (Å²) in [5.74, 6) is 2.98. The van der Waals surface area contributed by atoms with E-state index < -0.39 is 0 Å². The second-order valence-electron chi connectivity index (χ2n) is 6.32. The van der Waals surface area contributed by atoms with Crippen molar-refractivity contribution in [3.63, 3.8) is 0 Å². The van der Waals surface area contributed by atoms with Crippen molar-refractivity contribution in [3.8, 4) is 5.75 Å². The number of hydrogen-bond donors (Lipinski definition) is 1. The summed E-state index contributed by atoms with van der Waals surface area (Å²) in [6.07, 6.45) is 3.62. The van der Waals surface area contributed by atoms with Crippen LogP contribution in [0.4, 0.5) is 5.95 Å². The summed E-state index contributed by atoms with van der Waals surface area (Å²) < 4.78 is 7.90. The Labute approximate surface area is 126 Å². The van der Waals surface area contributed by atoms with Crippen molar-refractivity contribution in [3.05, 3.63) is 18.2 Å². The van der Waals surface area contributed by atoms with Crippen LogP contribution in [0.15, 0.2) is 18.2 Å². The maximum Gasteiger partial charge on any atom is 0.201 e. The Bertz CT molecular complexity index is 634. The molecule has 2 N–H and O–H groups in total. The van der Waals surface area contributed by atoms with Crippen LogP contribution in [0.1, 0.15) is 46.1 Å². The Morgan fingerprint density at radius 2 is 2.10 bits per heavy atom. The number of para-hydroxylation sites is 1. The fourth-order valence-electron chi connectivity index (χ4n) is 3.52. The van der Waals surface area contributed by atoms with E-state index in [-0.39, 0.29) is 0 Å². The van der Waals surface area contributed by atoms with Crippen LogP contribution in [-0.4, -0.2) is 16.2 Å². The summed E-state index contributed by atoms with van der Waals surface area (Å²) in [4.78, 5) is 4.57. The molecule has 3 atom stereocenters. The average Bonchev–Trinajstić information content (AvgIpc) is 2.80. The summed E-state index contributed by atoms with van der Waals surface area (Å²) in [5.41, 5.74) is 8.22. The molecular weight excluding hydrogens is 262 g/mol. The van der Waals surface area contributed by atoms with Gasteiger partial charge in [-0.25, -0.2) is 4.98 Å². The van der Waals surface area contributed by atoms with Crippen molar-refractivity contribution >= 4 is 17.0 Å². The highest BCUT2D eigenvalue weighted by atomic mass is 16.5. The van der Waals surface area contributed by atoms with Crippen LogP contribution in [0.25, 0.3) is 11.0 Å². The Morgan fingerprint density at radius 3 is 2.81 bits per heavy atom. The molecule has 1 saturated carbocycles. The number of hydrogen-bond acceptors (Lipinski definition) is 3. The Balaban J connectivity index is 2.03. The fraction of sp³-hybridized carbons (Fsp3) is 0.588. The van der Waals surface area contributed by atoms with Crippen LogP contribution >= 0.6 is 0 Å². The normalized spacial score (nSPS) is 26.1. The predicted octanol–water partition coefficient (Wildman–Crippen LogP) is 4.01. The highest BCUT2D eigenvalue weighted by Gasteiger charge is 2.28. The van der Waals surface area contributed by atoms with Crippen molar-refractivity contribution in [2.45, 2.75) is 46.1 Å². The molecule has 1 aromatic carbocycles. The van der Waals surface area contributed by atoms with Gasteiger partial charge in [0.25, 0.3) is 0 Å². The summed E-state index contributed by atoms with van der Waals surface area (Å²) in [5, 5.41) is 0. The highest BCUT2D eigenvalue weighted by Crippen LogP contribution is 2.40.